The predicted molar refractivity (Wildman–Crippen MR) is 81.2 cm³/mol. The third kappa shape index (κ3) is 3.37. The van der Waals surface area contributed by atoms with Crippen LogP contribution in [0.15, 0.2) is 22.7 Å². The van der Waals surface area contributed by atoms with Gasteiger partial charge in [-0.15, -0.1) is 0 Å². The number of likely N-dealkylation sites (tertiary alicyclic amines) is 1. The molecule has 2 rings (SSSR count). The molecule has 1 unspecified atom stereocenters. The fourth-order valence-electron chi connectivity index (χ4n) is 2.54. The second-order valence-corrected chi connectivity index (χ2v) is 6.31. The molecule has 19 heavy (non-hydrogen) atoms. The second-order valence-electron chi connectivity index (χ2n) is 4.73. The van der Waals surface area contributed by atoms with Crippen molar-refractivity contribution in [2.75, 3.05) is 11.9 Å². The molecule has 1 saturated heterocycles. The number of rotatable bonds is 4. The van der Waals surface area contributed by atoms with Crippen LogP contribution in [0.25, 0.3) is 0 Å². The maximum Gasteiger partial charge on any atom is 0.255 e. The fourth-order valence-corrected chi connectivity index (χ4v) is 3.30. The Labute approximate surface area is 129 Å². The number of carbonyl (C=O) groups is 1. The van der Waals surface area contributed by atoms with E-state index in [-0.39, 0.29) is 16.2 Å². The number of alkyl halides is 1. The Kier molecular flexibility index (Phi) is 5.39. The summed E-state index contributed by atoms with van der Waals surface area (Å²) in [6.07, 6.45) is 4.14. The summed E-state index contributed by atoms with van der Waals surface area (Å²) in [6, 6.07) is 4.90. The van der Waals surface area contributed by atoms with Gasteiger partial charge in [-0.1, -0.05) is 22.0 Å². The third-order valence-corrected chi connectivity index (χ3v) is 4.86. The van der Waals surface area contributed by atoms with E-state index < -0.39 is 0 Å². The molecule has 0 aliphatic carbocycles. The average molecular weight is 393 g/mol. The molecule has 1 atom stereocenters. The largest absolute Gasteiger partial charge is 0.336 e. The minimum atomic E-state index is -0.387. The lowest BCUT2D eigenvalue weighted by molar-refractivity contribution is 0.0728. The summed E-state index contributed by atoms with van der Waals surface area (Å²) < 4.78 is 13.8. The van der Waals surface area contributed by atoms with Gasteiger partial charge in [-0.3, -0.25) is 4.79 Å². The monoisotopic (exact) mass is 391 g/mol. The van der Waals surface area contributed by atoms with Crippen LogP contribution in [0.4, 0.5) is 4.39 Å². The van der Waals surface area contributed by atoms with Crippen LogP contribution < -0.4 is 0 Å². The van der Waals surface area contributed by atoms with Crippen LogP contribution in [0.5, 0.6) is 0 Å². The SMILES string of the molecule is O=C(c1cccc(F)c1Br)N1CCCC1CCCBr. The van der Waals surface area contributed by atoms with Crippen LogP contribution in [0.2, 0.25) is 0 Å². The summed E-state index contributed by atoms with van der Waals surface area (Å²) in [5, 5.41) is 0.954. The standard InChI is InChI=1S/C14H16Br2FNO/c15-8-2-4-10-5-3-9-18(10)14(19)11-6-1-7-12(17)13(11)16/h1,6-7,10H,2-5,8-9H2. The first-order valence-electron chi connectivity index (χ1n) is 6.46. The number of nitrogens with zero attached hydrogens (tertiary/aromatic N) is 1. The Morgan fingerprint density at radius 2 is 2.26 bits per heavy atom. The van der Waals surface area contributed by atoms with Crippen LogP contribution in [0.3, 0.4) is 0 Å². The van der Waals surface area contributed by atoms with E-state index in [1.54, 1.807) is 12.1 Å². The average Bonchev–Trinajstić information content (AvgIpc) is 2.87. The quantitative estimate of drug-likeness (QED) is 0.696. The topological polar surface area (TPSA) is 20.3 Å². The fraction of sp³-hybridized carbons (Fsp3) is 0.500. The molecule has 1 aromatic carbocycles. The van der Waals surface area contributed by atoms with Crippen LogP contribution in [-0.4, -0.2) is 28.7 Å². The van der Waals surface area contributed by atoms with Gasteiger partial charge in [0.2, 0.25) is 0 Å². The van der Waals surface area contributed by atoms with Gasteiger partial charge >= 0.3 is 0 Å². The lowest BCUT2D eigenvalue weighted by atomic mass is 10.1. The van der Waals surface area contributed by atoms with Gasteiger partial charge in [0.1, 0.15) is 5.82 Å². The minimum Gasteiger partial charge on any atom is -0.336 e. The molecule has 0 saturated carbocycles. The van der Waals surface area contributed by atoms with Crippen LogP contribution in [0, 0.1) is 5.82 Å². The van der Waals surface area contributed by atoms with Gasteiger partial charge < -0.3 is 4.90 Å². The molecule has 2 nitrogen and oxygen atoms in total. The summed E-state index contributed by atoms with van der Waals surface area (Å²) in [5.74, 6) is -0.453. The Balaban J connectivity index is 2.16. The van der Waals surface area contributed by atoms with Crippen molar-refractivity contribution in [2.45, 2.75) is 31.7 Å². The Morgan fingerprint density at radius 1 is 1.47 bits per heavy atom. The molecule has 0 bridgehead atoms. The number of carbonyl (C=O) groups excluding carboxylic acids is 1. The van der Waals surface area contributed by atoms with Crippen LogP contribution in [-0.2, 0) is 0 Å². The molecular formula is C14H16Br2FNO. The zero-order chi connectivity index (χ0) is 13.8. The van der Waals surface area contributed by atoms with E-state index in [1.165, 1.54) is 6.07 Å². The van der Waals surface area contributed by atoms with Gasteiger partial charge in [0.15, 0.2) is 0 Å². The van der Waals surface area contributed by atoms with Gasteiger partial charge in [0.05, 0.1) is 10.0 Å². The van der Waals surface area contributed by atoms with Crippen molar-refractivity contribution in [3.8, 4) is 0 Å². The van der Waals surface area contributed by atoms with E-state index in [9.17, 15) is 9.18 Å². The molecule has 5 heteroatoms. The molecule has 1 amide bonds. The summed E-state index contributed by atoms with van der Waals surface area (Å²) >= 11 is 6.59. The molecule has 1 heterocycles. The Bertz CT molecular complexity index is 467. The maximum absolute atomic E-state index is 13.5. The van der Waals surface area contributed by atoms with E-state index in [1.807, 2.05) is 4.90 Å². The molecule has 0 N–H and O–H groups in total. The highest BCUT2D eigenvalue weighted by Crippen LogP contribution is 2.27. The predicted octanol–water partition coefficient (Wildman–Crippen LogP) is 4.37. The van der Waals surface area contributed by atoms with Gasteiger partial charge in [0, 0.05) is 17.9 Å². The lowest BCUT2D eigenvalue weighted by Crippen LogP contribution is -2.35. The van der Waals surface area contributed by atoms with Crippen molar-refractivity contribution in [2.24, 2.45) is 0 Å². The molecule has 1 aliphatic rings. The third-order valence-electron chi connectivity index (χ3n) is 3.49. The zero-order valence-corrected chi connectivity index (χ0v) is 13.7. The molecule has 104 valence electrons. The van der Waals surface area contributed by atoms with Gasteiger partial charge in [-0.05, 0) is 53.7 Å². The minimum absolute atomic E-state index is 0.0663. The number of amides is 1. The first-order chi connectivity index (χ1) is 9.15. The number of hydrogen-bond acceptors (Lipinski definition) is 1. The van der Waals surface area contributed by atoms with Crippen molar-refractivity contribution in [3.05, 3.63) is 34.1 Å². The van der Waals surface area contributed by atoms with E-state index in [4.69, 9.17) is 0 Å². The molecule has 1 aliphatic heterocycles. The van der Waals surface area contributed by atoms with Crippen molar-refractivity contribution >= 4 is 37.8 Å². The van der Waals surface area contributed by atoms with E-state index >= 15 is 0 Å². The lowest BCUT2D eigenvalue weighted by Gasteiger charge is -2.25. The summed E-state index contributed by atoms with van der Waals surface area (Å²) in [7, 11) is 0. The van der Waals surface area contributed by atoms with Crippen LogP contribution in [0.1, 0.15) is 36.0 Å². The first kappa shape index (κ1) is 15.0. The van der Waals surface area contributed by atoms with Crippen molar-refractivity contribution in [1.29, 1.82) is 0 Å². The number of halogens is 3. The molecule has 1 fully saturated rings. The number of benzene rings is 1. The molecule has 0 spiro atoms. The van der Waals surface area contributed by atoms with E-state index in [0.717, 1.165) is 37.6 Å². The van der Waals surface area contributed by atoms with Gasteiger partial charge in [-0.2, -0.15) is 0 Å². The molecule has 1 aromatic rings. The number of hydrogen-bond donors (Lipinski definition) is 0. The summed E-state index contributed by atoms with van der Waals surface area (Å²) in [4.78, 5) is 14.4. The highest BCUT2D eigenvalue weighted by molar-refractivity contribution is 9.10. The Morgan fingerprint density at radius 3 is 3.00 bits per heavy atom. The van der Waals surface area contributed by atoms with Crippen molar-refractivity contribution in [3.63, 3.8) is 0 Å². The second kappa shape index (κ2) is 6.84. The summed E-state index contributed by atoms with van der Waals surface area (Å²) in [6.45, 7) is 0.773. The molecular weight excluding hydrogens is 377 g/mol. The van der Waals surface area contributed by atoms with E-state index in [0.29, 0.717) is 11.6 Å². The first-order valence-corrected chi connectivity index (χ1v) is 8.37. The van der Waals surface area contributed by atoms with Crippen LogP contribution >= 0.6 is 31.9 Å². The van der Waals surface area contributed by atoms with Gasteiger partial charge in [-0.25, -0.2) is 4.39 Å². The molecule has 0 aromatic heterocycles. The molecule has 0 radical (unpaired) electrons. The highest BCUT2D eigenvalue weighted by atomic mass is 79.9. The normalized spacial score (nSPS) is 18.9. The van der Waals surface area contributed by atoms with E-state index in [2.05, 4.69) is 31.9 Å². The summed E-state index contributed by atoms with van der Waals surface area (Å²) in [5.41, 5.74) is 0.422. The zero-order valence-electron chi connectivity index (χ0n) is 10.5. The Hall–Kier alpha value is -0.420. The maximum atomic E-state index is 13.5. The smallest absolute Gasteiger partial charge is 0.255 e. The van der Waals surface area contributed by atoms with Gasteiger partial charge in [0.25, 0.3) is 5.91 Å². The van der Waals surface area contributed by atoms with Crippen molar-refractivity contribution in [1.82, 2.24) is 4.90 Å². The highest BCUT2D eigenvalue weighted by Gasteiger charge is 2.30. The van der Waals surface area contributed by atoms with Crippen molar-refractivity contribution < 1.29 is 9.18 Å².